The Hall–Kier alpha value is -2.41. The fourth-order valence-corrected chi connectivity index (χ4v) is 4.91. The van der Waals surface area contributed by atoms with Crippen LogP contribution in [0.4, 0.5) is 5.69 Å². The maximum atomic E-state index is 13.4. The van der Waals surface area contributed by atoms with Crippen molar-refractivity contribution in [1.82, 2.24) is 9.80 Å². The van der Waals surface area contributed by atoms with Crippen LogP contribution in [0.3, 0.4) is 0 Å². The van der Waals surface area contributed by atoms with Crippen molar-refractivity contribution in [1.29, 1.82) is 0 Å². The number of fused-ring (bicyclic) bond motifs is 1. The fraction of sp³-hybridized carbons (Fsp3) is 0.273. The highest BCUT2D eigenvalue weighted by molar-refractivity contribution is 7.17. The lowest BCUT2D eigenvalue weighted by molar-refractivity contribution is -0.131. The minimum absolute atomic E-state index is 0.00686. The first-order valence-corrected chi connectivity index (χ1v) is 11.0. The molecule has 1 saturated heterocycles. The van der Waals surface area contributed by atoms with Crippen LogP contribution in [-0.2, 0) is 9.59 Å². The van der Waals surface area contributed by atoms with E-state index in [-0.39, 0.29) is 17.7 Å². The first kappa shape index (κ1) is 19.9. The van der Waals surface area contributed by atoms with E-state index in [1.807, 2.05) is 42.5 Å². The van der Waals surface area contributed by atoms with E-state index in [2.05, 4.69) is 27.7 Å². The van der Waals surface area contributed by atoms with Crippen molar-refractivity contribution in [3.8, 4) is 0 Å². The third kappa shape index (κ3) is 4.29. The molecule has 0 bridgehead atoms. The SMILES string of the molecule is O=C(Nc1ccccc1)C(c1csc2ccccc12)N1CCN(C(=O)CCl)CC1. The molecule has 4 rings (SSSR count). The van der Waals surface area contributed by atoms with Crippen molar-refractivity contribution in [2.45, 2.75) is 6.04 Å². The fourth-order valence-electron chi connectivity index (χ4n) is 3.76. The molecule has 1 aliphatic rings. The normalized spacial score (nSPS) is 16.0. The van der Waals surface area contributed by atoms with E-state index in [9.17, 15) is 9.59 Å². The lowest BCUT2D eigenvalue weighted by Gasteiger charge is -2.38. The Kier molecular flexibility index (Phi) is 6.13. The molecule has 29 heavy (non-hydrogen) atoms. The van der Waals surface area contributed by atoms with Gasteiger partial charge in [0.25, 0.3) is 0 Å². The predicted octanol–water partition coefficient (Wildman–Crippen LogP) is 3.96. The number of hydrogen-bond acceptors (Lipinski definition) is 4. The Bertz CT molecular complexity index is 999. The summed E-state index contributed by atoms with van der Waals surface area (Å²) in [6.07, 6.45) is 0. The molecule has 1 atom stereocenters. The minimum atomic E-state index is -0.417. The lowest BCUT2D eigenvalue weighted by Crippen LogP contribution is -2.52. The Labute approximate surface area is 178 Å². The van der Waals surface area contributed by atoms with E-state index < -0.39 is 6.04 Å². The number of para-hydroxylation sites is 1. The van der Waals surface area contributed by atoms with Gasteiger partial charge in [-0.05, 0) is 34.5 Å². The smallest absolute Gasteiger partial charge is 0.246 e. The second-order valence-electron chi connectivity index (χ2n) is 7.00. The number of alkyl halides is 1. The molecule has 1 unspecified atom stereocenters. The Morgan fingerprint density at radius 3 is 2.41 bits per heavy atom. The highest BCUT2D eigenvalue weighted by Gasteiger charge is 2.33. The van der Waals surface area contributed by atoms with Crippen molar-refractivity contribution in [2.75, 3.05) is 37.4 Å². The quantitative estimate of drug-likeness (QED) is 0.627. The highest BCUT2D eigenvalue weighted by Crippen LogP contribution is 2.34. The van der Waals surface area contributed by atoms with Gasteiger partial charge in [0.1, 0.15) is 11.9 Å². The largest absolute Gasteiger partial charge is 0.339 e. The number of amides is 2. The molecule has 0 saturated carbocycles. The van der Waals surface area contributed by atoms with Gasteiger partial charge in [-0.1, -0.05) is 36.4 Å². The minimum Gasteiger partial charge on any atom is -0.339 e. The maximum Gasteiger partial charge on any atom is 0.246 e. The van der Waals surface area contributed by atoms with E-state index in [0.29, 0.717) is 26.2 Å². The van der Waals surface area contributed by atoms with E-state index in [1.165, 1.54) is 0 Å². The molecule has 5 nitrogen and oxygen atoms in total. The molecule has 0 spiro atoms. The van der Waals surface area contributed by atoms with E-state index in [0.717, 1.165) is 21.3 Å². The van der Waals surface area contributed by atoms with Gasteiger partial charge in [-0.15, -0.1) is 22.9 Å². The van der Waals surface area contributed by atoms with Crippen LogP contribution in [0.1, 0.15) is 11.6 Å². The number of carbonyl (C=O) groups is 2. The summed E-state index contributed by atoms with van der Waals surface area (Å²) in [4.78, 5) is 29.2. The van der Waals surface area contributed by atoms with Crippen LogP contribution >= 0.6 is 22.9 Å². The summed E-state index contributed by atoms with van der Waals surface area (Å²) >= 11 is 7.35. The summed E-state index contributed by atoms with van der Waals surface area (Å²) in [7, 11) is 0. The molecule has 0 radical (unpaired) electrons. The second kappa shape index (κ2) is 8.95. The van der Waals surface area contributed by atoms with E-state index in [4.69, 9.17) is 11.6 Å². The number of thiophene rings is 1. The Balaban J connectivity index is 1.63. The lowest BCUT2D eigenvalue weighted by atomic mass is 10.0. The molecule has 0 aliphatic carbocycles. The topological polar surface area (TPSA) is 52.7 Å². The van der Waals surface area contributed by atoms with Crippen molar-refractivity contribution in [2.24, 2.45) is 0 Å². The molecular weight excluding hydrogens is 406 g/mol. The molecule has 3 aromatic rings. The van der Waals surface area contributed by atoms with Crippen LogP contribution in [0.5, 0.6) is 0 Å². The van der Waals surface area contributed by atoms with Crippen LogP contribution in [0.2, 0.25) is 0 Å². The molecule has 150 valence electrons. The monoisotopic (exact) mass is 427 g/mol. The Morgan fingerprint density at radius 2 is 1.69 bits per heavy atom. The summed E-state index contributed by atoms with van der Waals surface area (Å²) < 4.78 is 1.16. The van der Waals surface area contributed by atoms with Crippen molar-refractivity contribution in [3.63, 3.8) is 0 Å². The zero-order valence-electron chi connectivity index (χ0n) is 15.9. The van der Waals surface area contributed by atoms with Gasteiger partial charge >= 0.3 is 0 Å². The van der Waals surface area contributed by atoms with Crippen molar-refractivity contribution >= 4 is 50.5 Å². The van der Waals surface area contributed by atoms with Crippen LogP contribution in [-0.4, -0.2) is 53.7 Å². The molecule has 1 fully saturated rings. The zero-order valence-corrected chi connectivity index (χ0v) is 17.5. The number of rotatable bonds is 5. The van der Waals surface area contributed by atoms with Crippen LogP contribution in [0, 0.1) is 0 Å². The van der Waals surface area contributed by atoms with Gasteiger partial charge in [0, 0.05) is 36.6 Å². The molecule has 7 heteroatoms. The van der Waals surface area contributed by atoms with Gasteiger partial charge in [-0.3, -0.25) is 14.5 Å². The summed E-state index contributed by atoms with van der Waals surface area (Å²) in [5.41, 5.74) is 1.79. The third-order valence-electron chi connectivity index (χ3n) is 5.24. The van der Waals surface area contributed by atoms with Gasteiger partial charge in [0.2, 0.25) is 11.8 Å². The van der Waals surface area contributed by atoms with Crippen molar-refractivity contribution in [3.05, 3.63) is 65.5 Å². The third-order valence-corrected chi connectivity index (χ3v) is 6.45. The molecule has 2 heterocycles. The van der Waals surface area contributed by atoms with Crippen LogP contribution < -0.4 is 5.32 Å². The number of anilines is 1. The number of hydrogen-bond donors (Lipinski definition) is 1. The molecule has 2 aromatic carbocycles. The molecule has 2 amide bonds. The van der Waals surface area contributed by atoms with E-state index in [1.54, 1.807) is 16.2 Å². The van der Waals surface area contributed by atoms with Crippen LogP contribution in [0.25, 0.3) is 10.1 Å². The van der Waals surface area contributed by atoms with Crippen LogP contribution in [0.15, 0.2) is 60.0 Å². The first-order chi connectivity index (χ1) is 14.2. The summed E-state index contributed by atoms with van der Waals surface area (Å²) in [6.45, 7) is 2.39. The number of nitrogens with zero attached hydrogens (tertiary/aromatic N) is 2. The second-order valence-corrected chi connectivity index (χ2v) is 8.17. The number of benzene rings is 2. The van der Waals surface area contributed by atoms with Crippen molar-refractivity contribution < 1.29 is 9.59 Å². The first-order valence-electron chi connectivity index (χ1n) is 9.57. The number of carbonyl (C=O) groups excluding carboxylic acids is 2. The summed E-state index contributed by atoms with van der Waals surface area (Å²) in [6, 6.07) is 17.2. The highest BCUT2D eigenvalue weighted by atomic mass is 35.5. The number of piperazine rings is 1. The number of nitrogens with one attached hydrogen (secondary N) is 1. The van der Waals surface area contributed by atoms with E-state index >= 15 is 0 Å². The number of halogens is 1. The zero-order chi connectivity index (χ0) is 20.2. The summed E-state index contributed by atoms with van der Waals surface area (Å²) in [5, 5.41) is 6.24. The Morgan fingerprint density at radius 1 is 1.00 bits per heavy atom. The van der Waals surface area contributed by atoms with Gasteiger partial charge in [-0.25, -0.2) is 0 Å². The molecule has 1 N–H and O–H groups in total. The molecular formula is C22H22ClN3O2S. The predicted molar refractivity (Wildman–Crippen MR) is 119 cm³/mol. The van der Waals surface area contributed by atoms with Gasteiger partial charge in [0.15, 0.2) is 0 Å². The molecule has 1 aliphatic heterocycles. The van der Waals surface area contributed by atoms with Gasteiger partial charge < -0.3 is 10.2 Å². The molecule has 1 aromatic heterocycles. The maximum absolute atomic E-state index is 13.4. The average molecular weight is 428 g/mol. The summed E-state index contributed by atoms with van der Waals surface area (Å²) in [5.74, 6) is -0.123. The average Bonchev–Trinajstić information content (AvgIpc) is 3.18. The standard InChI is InChI=1S/C22H22ClN3O2S/c23-14-20(27)25-10-12-26(13-11-25)21(22(28)24-16-6-2-1-3-7-16)18-15-29-19-9-5-4-8-17(18)19/h1-9,15,21H,10-14H2,(H,24,28). The van der Waals surface area contributed by atoms with Gasteiger partial charge in [-0.2, -0.15) is 0 Å². The van der Waals surface area contributed by atoms with Gasteiger partial charge in [0.05, 0.1) is 0 Å².